The first kappa shape index (κ1) is 51.7. The molecule has 0 radical (unpaired) electrons. The number of para-hydroxylation sites is 1. The summed E-state index contributed by atoms with van der Waals surface area (Å²) in [4.78, 5) is 90.9. The van der Waals surface area contributed by atoms with Crippen LogP contribution in [0.25, 0.3) is 11.2 Å². The van der Waals surface area contributed by atoms with E-state index in [9.17, 15) is 43.0 Å². The van der Waals surface area contributed by atoms with Crippen molar-refractivity contribution in [2.75, 3.05) is 49.4 Å². The number of hydrogen-bond acceptors (Lipinski definition) is 19. The van der Waals surface area contributed by atoms with Gasteiger partial charge in [-0.25, -0.2) is 28.7 Å². The topological polar surface area (TPSA) is 341 Å². The highest BCUT2D eigenvalue weighted by atomic mass is 31.2. The summed E-state index contributed by atoms with van der Waals surface area (Å²) in [6.45, 7) is 5.88. The molecule has 0 fully saturated rings. The fourth-order valence-electron chi connectivity index (χ4n) is 5.73. The Morgan fingerprint density at radius 2 is 1.48 bits per heavy atom. The highest BCUT2D eigenvalue weighted by Gasteiger charge is 2.34. The number of Topliss-reactive ketones (excluding diaryl/α,β-unsaturated/α-hetero) is 1. The fraction of sp³-hybridized carbons (Fsp3) is 0.410. The van der Waals surface area contributed by atoms with Crippen LogP contribution in [0.3, 0.4) is 0 Å². The molecule has 2 heterocycles. The number of benzene rings is 2. The molecule has 26 heteroatoms. The molecule has 0 aliphatic rings. The van der Waals surface area contributed by atoms with Gasteiger partial charge in [-0.05, 0) is 76.9 Å². The molecule has 2 atom stereocenters. The molecule has 1 unspecified atom stereocenters. The lowest BCUT2D eigenvalue weighted by Crippen LogP contribution is -2.42. The number of hydrogen-bond donors (Lipinski definition) is 7. The number of nitrogens with two attached hydrogens (primary N) is 1. The van der Waals surface area contributed by atoms with Gasteiger partial charge in [-0.2, -0.15) is 4.98 Å². The van der Waals surface area contributed by atoms with E-state index in [1.807, 2.05) is 0 Å². The van der Waals surface area contributed by atoms with Gasteiger partial charge < -0.3 is 26.8 Å². The fourth-order valence-corrected chi connectivity index (χ4v) is 8.30. The second-order valence-electron chi connectivity index (χ2n) is 13.4. The number of nitrogens with zero attached hydrogens (tertiary/aromatic N) is 3. The Morgan fingerprint density at radius 1 is 0.831 bits per heavy atom. The quantitative estimate of drug-likeness (QED) is 0.0307. The molecule has 24 nitrogen and oxygen atoms in total. The summed E-state index contributed by atoms with van der Waals surface area (Å²) in [5.41, 5.74) is 6.23. The average molecular weight is 948 g/mol. The van der Waals surface area contributed by atoms with Crippen molar-refractivity contribution >= 4 is 73.7 Å². The summed E-state index contributed by atoms with van der Waals surface area (Å²) in [6.07, 6.45) is -1.07. The number of phosphoric acid groups is 2. The highest BCUT2D eigenvalue weighted by Crippen LogP contribution is 2.53. The zero-order chi connectivity index (χ0) is 47.6. The Kier molecular flexibility index (Phi) is 19.8. The van der Waals surface area contributed by atoms with Crippen molar-refractivity contribution < 1.29 is 65.4 Å². The number of fused-ring (bicyclic) bond motifs is 1. The number of urea groups is 1. The van der Waals surface area contributed by atoms with Crippen molar-refractivity contribution in [3.63, 3.8) is 0 Å². The molecular weight excluding hydrogens is 896 g/mol. The maximum Gasteiger partial charge on any atom is 0.475 e. The van der Waals surface area contributed by atoms with Crippen LogP contribution in [-0.4, -0.2) is 99.8 Å². The molecule has 0 aliphatic heterocycles. The third-order valence-corrected chi connectivity index (χ3v) is 12.0. The molecule has 0 saturated heterocycles. The van der Waals surface area contributed by atoms with Crippen LogP contribution in [0.4, 0.5) is 22.1 Å². The zero-order valence-electron chi connectivity index (χ0n) is 35.9. The summed E-state index contributed by atoms with van der Waals surface area (Å²) in [5, 5.41) is 19.7. The summed E-state index contributed by atoms with van der Waals surface area (Å²) in [6, 6.07) is 9.35. The van der Waals surface area contributed by atoms with Crippen molar-refractivity contribution in [3.05, 3.63) is 81.9 Å². The Morgan fingerprint density at radius 3 is 2.12 bits per heavy atom. The van der Waals surface area contributed by atoms with Crippen LogP contribution in [0.5, 0.6) is 0 Å². The van der Waals surface area contributed by atoms with E-state index < -0.39 is 76.0 Å². The number of nitrogen functional groups attached to an aromatic ring is 1. The first-order valence-corrected chi connectivity index (χ1v) is 23.2. The number of imide groups is 1. The molecule has 4 rings (SSSR count). The number of aromatic amines is 1. The molecule has 4 amide bonds. The van der Waals surface area contributed by atoms with E-state index in [4.69, 9.17) is 32.9 Å². The lowest BCUT2D eigenvalue weighted by Gasteiger charge is -2.25. The van der Waals surface area contributed by atoms with E-state index in [-0.39, 0.29) is 86.2 Å². The highest BCUT2D eigenvalue weighted by molar-refractivity contribution is 7.48. The van der Waals surface area contributed by atoms with E-state index in [0.29, 0.717) is 11.4 Å². The van der Waals surface area contributed by atoms with Gasteiger partial charge in [0.25, 0.3) is 11.5 Å². The van der Waals surface area contributed by atoms with Crippen molar-refractivity contribution in [2.24, 2.45) is 0 Å². The predicted octanol–water partition coefficient (Wildman–Crippen LogP) is 4.95. The van der Waals surface area contributed by atoms with Gasteiger partial charge >= 0.3 is 27.6 Å². The van der Waals surface area contributed by atoms with E-state index in [1.54, 1.807) is 39.8 Å². The minimum Gasteiger partial charge on any atom is -0.480 e. The standard InChI is InChI=1S/C39H51N9O15P2/c1-5-58-64(56,59-6-2)62-23-27(63-65(57,60-7-3)61-8-4)17-19-31(49)28-11-9-10-12-29(28)45-39(55)46-32(50)20-18-30(37(53)54)44-35(51)24-13-15-25(16-14-24)41-21-26-22-42-34-33(43-26)36(52)48-38(40)47-34/h9-16,22,27,30,41H,5-8,17-21,23H2,1-4H3,(H,44,51)(H,53,54)(H2,45,46,50,55)(H3,40,42,47,48,52)/t27?,30-/m1/s1. The molecule has 352 valence electrons. The lowest BCUT2D eigenvalue weighted by molar-refractivity contribution is -0.139. The Labute approximate surface area is 372 Å². The van der Waals surface area contributed by atoms with Gasteiger partial charge in [-0.15, -0.1) is 0 Å². The number of phosphoric ester groups is 2. The van der Waals surface area contributed by atoms with Gasteiger partial charge in [0.2, 0.25) is 11.9 Å². The number of carboxylic acids is 1. The van der Waals surface area contributed by atoms with Gasteiger partial charge in [-0.1, -0.05) is 12.1 Å². The zero-order valence-corrected chi connectivity index (χ0v) is 37.7. The largest absolute Gasteiger partial charge is 0.480 e. The van der Waals surface area contributed by atoms with Crippen LogP contribution in [0.1, 0.15) is 79.8 Å². The molecule has 2 aromatic carbocycles. The molecule has 0 aliphatic carbocycles. The number of rotatable bonds is 27. The number of nitrogens with one attached hydrogen (secondary N) is 5. The number of aliphatic carboxylic acids is 1. The van der Waals surface area contributed by atoms with Crippen molar-refractivity contribution in [3.8, 4) is 0 Å². The Balaban J connectivity index is 1.30. The Hall–Kier alpha value is -5.97. The van der Waals surface area contributed by atoms with Crippen LogP contribution in [0.15, 0.2) is 59.5 Å². The number of anilines is 3. The number of amides is 4. The molecule has 0 saturated carbocycles. The Bertz CT molecular complexity index is 2440. The van der Waals surface area contributed by atoms with Gasteiger partial charge in [0, 0.05) is 29.7 Å². The normalized spacial score (nSPS) is 12.6. The summed E-state index contributed by atoms with van der Waals surface area (Å²) in [7, 11) is -8.19. The SMILES string of the molecule is CCOP(=O)(OCC)OCC(CCC(=O)c1ccccc1NC(=O)NC(=O)CC[C@@H](NC(=O)c1ccc(NCc2cnc3nc(N)[nH]c(=O)c3n2)cc1)C(=O)O)OP(=O)(OCC)OCC. The van der Waals surface area contributed by atoms with E-state index in [2.05, 4.69) is 41.2 Å². The van der Waals surface area contributed by atoms with E-state index in [0.717, 1.165) is 0 Å². The number of carbonyl (C=O) groups is 5. The monoisotopic (exact) mass is 947 g/mol. The molecule has 2 aromatic heterocycles. The van der Waals surface area contributed by atoms with Gasteiger partial charge in [0.15, 0.2) is 16.9 Å². The second-order valence-corrected chi connectivity index (χ2v) is 16.7. The molecule has 65 heavy (non-hydrogen) atoms. The molecule has 0 spiro atoms. The maximum absolute atomic E-state index is 13.5. The van der Waals surface area contributed by atoms with Crippen LogP contribution in [-0.2, 0) is 52.4 Å². The summed E-state index contributed by atoms with van der Waals surface area (Å²) >= 11 is 0. The minimum absolute atomic E-state index is 0.00656. The third-order valence-electron chi connectivity index (χ3n) is 8.64. The number of H-pyrrole nitrogens is 1. The van der Waals surface area contributed by atoms with Crippen molar-refractivity contribution in [2.45, 2.75) is 72.1 Å². The van der Waals surface area contributed by atoms with Crippen LogP contribution >= 0.6 is 15.6 Å². The molecule has 0 bridgehead atoms. The predicted molar refractivity (Wildman–Crippen MR) is 234 cm³/mol. The van der Waals surface area contributed by atoms with Gasteiger partial charge in [-0.3, -0.25) is 56.6 Å². The molecule has 8 N–H and O–H groups in total. The van der Waals surface area contributed by atoms with E-state index in [1.165, 1.54) is 42.6 Å². The molecular formula is C39H51N9O15P2. The van der Waals surface area contributed by atoms with E-state index >= 15 is 0 Å². The lowest BCUT2D eigenvalue weighted by atomic mass is 10.0. The van der Waals surface area contributed by atoms with Crippen molar-refractivity contribution in [1.29, 1.82) is 0 Å². The first-order valence-electron chi connectivity index (χ1n) is 20.2. The molecule has 4 aromatic rings. The number of ketones is 1. The van der Waals surface area contributed by atoms with Crippen LogP contribution in [0.2, 0.25) is 0 Å². The summed E-state index contributed by atoms with van der Waals surface area (Å²) in [5.74, 6) is -3.66. The van der Waals surface area contributed by atoms with Crippen molar-refractivity contribution in [1.82, 2.24) is 30.6 Å². The van der Waals surface area contributed by atoms with Crippen LogP contribution < -0.4 is 32.6 Å². The number of aromatic nitrogens is 4. The second kappa shape index (κ2) is 24.9. The first-order chi connectivity index (χ1) is 31.0. The number of carbonyl (C=O) groups excluding carboxylic acids is 4. The summed E-state index contributed by atoms with van der Waals surface area (Å²) < 4.78 is 58.0. The number of carboxylic acid groups (broad SMARTS) is 1. The van der Waals surface area contributed by atoms with Crippen LogP contribution in [0, 0.1) is 0 Å². The minimum atomic E-state index is -4.15. The smallest absolute Gasteiger partial charge is 0.475 e. The van der Waals surface area contributed by atoms with Gasteiger partial charge in [0.05, 0.1) is 63.3 Å². The maximum atomic E-state index is 13.5. The third kappa shape index (κ3) is 16.2. The van der Waals surface area contributed by atoms with Gasteiger partial charge in [0.1, 0.15) is 6.04 Å². The average Bonchev–Trinajstić information content (AvgIpc) is 3.25.